The molecule has 1 aromatic heterocycles. The van der Waals surface area contributed by atoms with Crippen LogP contribution in [0.15, 0.2) is 72.8 Å². The number of nitrogens with two attached hydrogens (primary N) is 1. The minimum atomic E-state index is -0.920. The first-order chi connectivity index (χ1) is 19.3. The average molecular weight is 562 g/mol. The van der Waals surface area contributed by atoms with Crippen molar-refractivity contribution in [2.45, 2.75) is 49.7 Å². The van der Waals surface area contributed by atoms with Gasteiger partial charge in [-0.25, -0.2) is 0 Å². The van der Waals surface area contributed by atoms with Crippen LogP contribution in [-0.2, 0) is 14.4 Å². The maximum Gasteiger partial charge on any atom is 0.303 e. The molecule has 40 heavy (non-hydrogen) atoms. The number of carbonyl (C=O) groups is 3. The number of amidine groups is 1. The summed E-state index contributed by atoms with van der Waals surface area (Å²) in [7, 11) is 0. The molecule has 210 valence electrons. The second kappa shape index (κ2) is 14.0. The zero-order valence-electron chi connectivity index (χ0n) is 22.1. The Balaban J connectivity index is 1.69. The summed E-state index contributed by atoms with van der Waals surface area (Å²) in [4.78, 5) is 40.1. The molecule has 3 aromatic rings. The lowest BCUT2D eigenvalue weighted by molar-refractivity contribution is -0.137. The highest BCUT2D eigenvalue weighted by Crippen LogP contribution is 2.31. The number of thiophene rings is 1. The SMILES string of the molecule is N=C(N)c1ccc(C(NC(=O)[C@H](NCCCC(=O)O)C(c2ccccc2)c2ccccc2)C(=O)[C@@H]2CCCN2)s1. The van der Waals surface area contributed by atoms with E-state index in [2.05, 4.69) is 16.0 Å². The van der Waals surface area contributed by atoms with Crippen molar-refractivity contribution in [3.05, 3.63) is 93.7 Å². The Labute approximate surface area is 237 Å². The molecule has 10 heteroatoms. The highest BCUT2D eigenvalue weighted by molar-refractivity contribution is 7.14. The number of aliphatic carboxylic acids is 1. The minimum Gasteiger partial charge on any atom is -0.481 e. The van der Waals surface area contributed by atoms with Crippen LogP contribution < -0.4 is 21.7 Å². The predicted molar refractivity (Wildman–Crippen MR) is 156 cm³/mol. The van der Waals surface area contributed by atoms with E-state index in [0.29, 0.717) is 29.1 Å². The van der Waals surface area contributed by atoms with Crippen molar-refractivity contribution in [3.63, 3.8) is 0 Å². The molecule has 1 saturated heterocycles. The van der Waals surface area contributed by atoms with Gasteiger partial charge in [-0.2, -0.15) is 0 Å². The van der Waals surface area contributed by atoms with E-state index in [1.54, 1.807) is 12.1 Å². The molecule has 0 saturated carbocycles. The number of Topliss-reactive ketones (excluding diaryl/α,β-unsaturated/α-hetero) is 1. The highest BCUT2D eigenvalue weighted by Gasteiger charge is 2.36. The summed E-state index contributed by atoms with van der Waals surface area (Å²) < 4.78 is 0. The van der Waals surface area contributed by atoms with Gasteiger partial charge in [0, 0.05) is 17.2 Å². The lowest BCUT2D eigenvalue weighted by atomic mass is 9.84. The van der Waals surface area contributed by atoms with E-state index in [1.807, 2.05) is 60.7 Å². The number of carboxylic acid groups (broad SMARTS) is 1. The monoisotopic (exact) mass is 561 g/mol. The second-order valence-electron chi connectivity index (χ2n) is 9.84. The largest absolute Gasteiger partial charge is 0.481 e. The zero-order chi connectivity index (χ0) is 28.5. The third-order valence-corrected chi connectivity index (χ3v) is 8.20. The average Bonchev–Trinajstić information content (AvgIpc) is 3.67. The minimum absolute atomic E-state index is 0.0276. The Morgan fingerprint density at radius 1 is 1.02 bits per heavy atom. The maximum atomic E-state index is 14.2. The number of carbonyl (C=O) groups excluding carboxylic acids is 2. The third kappa shape index (κ3) is 7.41. The van der Waals surface area contributed by atoms with Crippen LogP contribution in [-0.4, -0.2) is 53.8 Å². The van der Waals surface area contributed by atoms with Gasteiger partial charge in [0.1, 0.15) is 11.9 Å². The molecule has 2 aromatic carbocycles. The van der Waals surface area contributed by atoms with Gasteiger partial charge < -0.3 is 26.8 Å². The van der Waals surface area contributed by atoms with Crippen LogP contribution in [0.1, 0.15) is 58.5 Å². The van der Waals surface area contributed by atoms with E-state index >= 15 is 0 Å². The van der Waals surface area contributed by atoms with Crippen molar-refractivity contribution >= 4 is 34.8 Å². The maximum absolute atomic E-state index is 14.2. The standard InChI is InChI=1S/C30H35N5O4S/c31-29(32)23-16-15-22(40-23)26(28(38)21-13-7-17-33-21)35-30(39)27(34-18-8-14-24(36)37)25(19-9-3-1-4-10-19)20-11-5-2-6-12-20/h1-6,9-12,15-16,21,25-27,33-34H,7-8,13-14,17-18H2,(H3,31,32)(H,35,39)(H,36,37)/t21-,26?,27+/m0/s1. The molecule has 0 bridgehead atoms. The van der Waals surface area contributed by atoms with Gasteiger partial charge in [-0.15, -0.1) is 11.3 Å². The van der Waals surface area contributed by atoms with Gasteiger partial charge in [0.15, 0.2) is 5.78 Å². The summed E-state index contributed by atoms with van der Waals surface area (Å²) in [6.45, 7) is 1.04. The van der Waals surface area contributed by atoms with Crippen LogP contribution in [0.5, 0.6) is 0 Å². The fourth-order valence-corrected chi connectivity index (χ4v) is 5.98. The first-order valence-electron chi connectivity index (χ1n) is 13.4. The number of carboxylic acids is 1. The van der Waals surface area contributed by atoms with Gasteiger partial charge in [-0.3, -0.25) is 19.8 Å². The fourth-order valence-electron chi connectivity index (χ4n) is 5.05. The van der Waals surface area contributed by atoms with Crippen molar-refractivity contribution in [2.24, 2.45) is 5.73 Å². The quantitative estimate of drug-likeness (QED) is 0.100. The number of rotatable bonds is 14. The number of ketones is 1. The summed E-state index contributed by atoms with van der Waals surface area (Å²) >= 11 is 1.22. The normalized spacial score (nSPS) is 16.4. The molecule has 1 fully saturated rings. The van der Waals surface area contributed by atoms with Crippen molar-refractivity contribution in [1.82, 2.24) is 16.0 Å². The van der Waals surface area contributed by atoms with Crippen LogP contribution in [0.2, 0.25) is 0 Å². The van der Waals surface area contributed by atoms with Crippen LogP contribution in [0.4, 0.5) is 0 Å². The van der Waals surface area contributed by atoms with E-state index in [4.69, 9.17) is 16.2 Å². The van der Waals surface area contributed by atoms with Crippen molar-refractivity contribution in [1.29, 1.82) is 5.41 Å². The first-order valence-corrected chi connectivity index (χ1v) is 14.2. The number of nitrogen functional groups attached to an aromatic ring is 1. The molecule has 1 amide bonds. The van der Waals surface area contributed by atoms with E-state index in [-0.39, 0.29) is 30.0 Å². The molecule has 0 aliphatic carbocycles. The Morgan fingerprint density at radius 2 is 1.68 bits per heavy atom. The van der Waals surface area contributed by atoms with E-state index in [1.165, 1.54) is 11.3 Å². The summed E-state index contributed by atoms with van der Waals surface area (Å²) in [5, 5.41) is 26.5. The molecule has 1 aliphatic rings. The fraction of sp³-hybridized carbons (Fsp3) is 0.333. The highest BCUT2D eigenvalue weighted by atomic mass is 32.1. The predicted octanol–water partition coefficient (Wildman–Crippen LogP) is 3.17. The number of hydrogen-bond acceptors (Lipinski definition) is 7. The second-order valence-corrected chi connectivity index (χ2v) is 11.0. The number of amides is 1. The molecule has 9 nitrogen and oxygen atoms in total. The summed E-state index contributed by atoms with van der Waals surface area (Å²) in [5.74, 6) is -1.91. The molecule has 2 heterocycles. The van der Waals surface area contributed by atoms with Gasteiger partial charge in [0.05, 0.1) is 17.0 Å². The number of nitrogens with one attached hydrogen (secondary N) is 4. The van der Waals surface area contributed by atoms with E-state index < -0.39 is 24.0 Å². The van der Waals surface area contributed by atoms with Crippen LogP contribution in [0.3, 0.4) is 0 Å². The topological polar surface area (TPSA) is 157 Å². The Morgan fingerprint density at radius 3 is 2.20 bits per heavy atom. The summed E-state index contributed by atoms with van der Waals surface area (Å²) in [5.41, 5.74) is 7.51. The molecule has 4 rings (SSSR count). The molecule has 1 unspecified atom stereocenters. The summed E-state index contributed by atoms with van der Waals surface area (Å²) in [6.07, 6.45) is 1.87. The Bertz CT molecular complexity index is 1270. The molecule has 7 N–H and O–H groups in total. The molecule has 1 aliphatic heterocycles. The van der Waals surface area contributed by atoms with Gasteiger partial charge in [0.2, 0.25) is 5.91 Å². The third-order valence-electron chi connectivity index (χ3n) is 7.02. The van der Waals surface area contributed by atoms with Gasteiger partial charge in [-0.1, -0.05) is 60.7 Å². The first kappa shape index (κ1) is 29.1. The molecule has 3 atom stereocenters. The number of hydrogen-bond donors (Lipinski definition) is 6. The number of benzene rings is 2. The van der Waals surface area contributed by atoms with Crippen LogP contribution in [0.25, 0.3) is 0 Å². The molecule has 0 spiro atoms. The van der Waals surface area contributed by atoms with Gasteiger partial charge in [0.25, 0.3) is 0 Å². The molecule has 0 radical (unpaired) electrons. The van der Waals surface area contributed by atoms with Crippen LogP contribution >= 0.6 is 11.3 Å². The Hall–Kier alpha value is -3.86. The van der Waals surface area contributed by atoms with Crippen molar-refractivity contribution in [3.8, 4) is 0 Å². The zero-order valence-corrected chi connectivity index (χ0v) is 23.0. The smallest absolute Gasteiger partial charge is 0.303 e. The Kier molecular flexibility index (Phi) is 10.2. The molecular weight excluding hydrogens is 526 g/mol. The lowest BCUT2D eigenvalue weighted by Crippen LogP contribution is -2.51. The lowest BCUT2D eigenvalue weighted by Gasteiger charge is -2.30. The van der Waals surface area contributed by atoms with Crippen molar-refractivity contribution in [2.75, 3.05) is 13.1 Å². The van der Waals surface area contributed by atoms with E-state index in [9.17, 15) is 14.4 Å². The van der Waals surface area contributed by atoms with Gasteiger partial charge in [-0.05, 0) is 55.6 Å². The van der Waals surface area contributed by atoms with Crippen molar-refractivity contribution < 1.29 is 19.5 Å². The van der Waals surface area contributed by atoms with E-state index in [0.717, 1.165) is 24.1 Å². The molecular formula is C30H35N5O4S. The van der Waals surface area contributed by atoms with Gasteiger partial charge >= 0.3 is 5.97 Å². The van der Waals surface area contributed by atoms with Crippen LogP contribution in [0, 0.1) is 5.41 Å². The summed E-state index contributed by atoms with van der Waals surface area (Å²) in [6, 6.07) is 20.6.